The van der Waals surface area contributed by atoms with Crippen LogP contribution in [-0.4, -0.2) is 47.6 Å². The minimum absolute atomic E-state index is 0.00563. The number of nitrogens with zero attached hydrogens (tertiary/aromatic N) is 3. The predicted molar refractivity (Wildman–Crippen MR) is 123 cm³/mol. The third kappa shape index (κ3) is 4.71. The second kappa shape index (κ2) is 9.50. The van der Waals surface area contributed by atoms with Gasteiger partial charge in [0.25, 0.3) is 5.91 Å². The normalized spacial score (nSPS) is 14.2. The first-order chi connectivity index (χ1) is 15.5. The summed E-state index contributed by atoms with van der Waals surface area (Å²) >= 11 is 0. The third-order valence-electron chi connectivity index (χ3n) is 5.43. The summed E-state index contributed by atoms with van der Waals surface area (Å²) < 4.78 is 7.19. The Morgan fingerprint density at radius 2 is 1.94 bits per heavy atom. The number of ether oxygens (including phenoxy) is 1. The van der Waals surface area contributed by atoms with E-state index in [0.29, 0.717) is 37.6 Å². The van der Waals surface area contributed by atoms with Crippen LogP contribution < -0.4 is 5.32 Å². The lowest BCUT2D eigenvalue weighted by molar-refractivity contribution is -0.135. The van der Waals surface area contributed by atoms with Gasteiger partial charge in [-0.3, -0.25) is 9.59 Å². The number of amides is 2. The van der Waals surface area contributed by atoms with Gasteiger partial charge in [-0.1, -0.05) is 30.3 Å². The Morgan fingerprint density at radius 1 is 1.16 bits per heavy atom. The fraction of sp³-hybridized carbons (Fsp3) is 0.240. The minimum atomic E-state index is -0.473. The number of nitriles is 1. The van der Waals surface area contributed by atoms with E-state index in [4.69, 9.17) is 4.74 Å². The lowest BCUT2D eigenvalue weighted by atomic mass is 10.1. The summed E-state index contributed by atoms with van der Waals surface area (Å²) in [6, 6.07) is 17.1. The molecule has 0 atom stereocenters. The highest BCUT2D eigenvalue weighted by molar-refractivity contribution is 6.10. The molecule has 162 valence electrons. The average Bonchev–Trinajstić information content (AvgIpc) is 3.15. The summed E-state index contributed by atoms with van der Waals surface area (Å²) in [6.45, 7) is 4.39. The van der Waals surface area contributed by atoms with Crippen molar-refractivity contribution in [2.45, 2.75) is 13.5 Å². The van der Waals surface area contributed by atoms with Crippen molar-refractivity contribution in [2.75, 3.05) is 31.6 Å². The Kier molecular flexibility index (Phi) is 6.34. The van der Waals surface area contributed by atoms with Crippen LogP contribution in [0.4, 0.5) is 5.69 Å². The molecule has 1 saturated heterocycles. The number of carbonyl (C=O) groups excluding carboxylic acids is 2. The summed E-state index contributed by atoms with van der Waals surface area (Å²) in [7, 11) is 0. The number of nitrogens with one attached hydrogen (secondary N) is 1. The monoisotopic (exact) mass is 428 g/mol. The second-order valence-electron chi connectivity index (χ2n) is 7.72. The van der Waals surface area contributed by atoms with Crippen LogP contribution in [0.3, 0.4) is 0 Å². The number of carbonyl (C=O) groups is 2. The number of hydrogen-bond donors (Lipinski definition) is 1. The Bertz CT molecular complexity index is 1230. The number of benzene rings is 2. The van der Waals surface area contributed by atoms with Crippen LogP contribution in [0.5, 0.6) is 0 Å². The van der Waals surface area contributed by atoms with Gasteiger partial charge in [0.15, 0.2) is 0 Å². The molecule has 1 fully saturated rings. The molecule has 2 aromatic carbocycles. The molecule has 0 spiro atoms. The summed E-state index contributed by atoms with van der Waals surface area (Å²) in [6.07, 6.45) is 3.39. The molecule has 2 heterocycles. The van der Waals surface area contributed by atoms with Crippen molar-refractivity contribution in [3.05, 3.63) is 71.4 Å². The standard InChI is InChI=1S/C25H24N4O3/c1-18-5-4-6-21(13-18)27-25(31)19(15-26)14-20-16-29(23-8-3-2-7-22(20)23)17-24(30)28-9-11-32-12-10-28/h2-8,13-14,16H,9-12,17H2,1H3,(H,27,31)/b19-14+. The Morgan fingerprint density at radius 3 is 2.69 bits per heavy atom. The SMILES string of the molecule is Cc1cccc(NC(=O)/C(C#N)=C/c2cn(CC(=O)N3CCOCC3)c3ccccc23)c1. The maximum Gasteiger partial charge on any atom is 0.266 e. The molecule has 4 rings (SSSR count). The van der Waals surface area contributed by atoms with Crippen LogP contribution in [0.2, 0.25) is 0 Å². The molecule has 0 radical (unpaired) electrons. The van der Waals surface area contributed by atoms with Crippen LogP contribution in [-0.2, 0) is 20.9 Å². The zero-order valence-electron chi connectivity index (χ0n) is 17.9. The van der Waals surface area contributed by atoms with Crippen molar-refractivity contribution in [3.63, 3.8) is 0 Å². The molecule has 0 bridgehead atoms. The topological polar surface area (TPSA) is 87.4 Å². The molecule has 3 aromatic rings. The lowest BCUT2D eigenvalue weighted by Gasteiger charge is -2.27. The molecule has 0 unspecified atom stereocenters. The largest absolute Gasteiger partial charge is 0.378 e. The predicted octanol–water partition coefficient (Wildman–Crippen LogP) is 3.35. The Labute approximate surface area is 186 Å². The van der Waals surface area contributed by atoms with E-state index < -0.39 is 5.91 Å². The summed E-state index contributed by atoms with van der Waals surface area (Å²) in [5, 5.41) is 13.3. The molecule has 7 heteroatoms. The van der Waals surface area contributed by atoms with E-state index in [1.807, 2.05) is 66.2 Å². The highest BCUT2D eigenvalue weighted by Gasteiger charge is 2.19. The van der Waals surface area contributed by atoms with E-state index in [-0.39, 0.29) is 18.0 Å². The van der Waals surface area contributed by atoms with Crippen molar-refractivity contribution >= 4 is 34.5 Å². The molecule has 0 aliphatic carbocycles. The van der Waals surface area contributed by atoms with Crippen molar-refractivity contribution in [1.82, 2.24) is 9.47 Å². The van der Waals surface area contributed by atoms with Gasteiger partial charge in [0.1, 0.15) is 18.2 Å². The molecule has 1 aromatic heterocycles. The van der Waals surface area contributed by atoms with Crippen LogP contribution in [0.1, 0.15) is 11.1 Å². The van der Waals surface area contributed by atoms with E-state index in [1.165, 1.54) is 0 Å². The zero-order valence-corrected chi connectivity index (χ0v) is 17.9. The van der Waals surface area contributed by atoms with E-state index in [2.05, 4.69) is 5.32 Å². The van der Waals surface area contributed by atoms with Gasteiger partial charge in [-0.2, -0.15) is 5.26 Å². The molecule has 1 N–H and O–H groups in total. The summed E-state index contributed by atoms with van der Waals surface area (Å²) in [5.74, 6) is -0.457. The average molecular weight is 428 g/mol. The molecule has 0 saturated carbocycles. The molecule has 32 heavy (non-hydrogen) atoms. The second-order valence-corrected chi connectivity index (χ2v) is 7.72. The number of hydrogen-bond acceptors (Lipinski definition) is 4. The quantitative estimate of drug-likeness (QED) is 0.499. The zero-order chi connectivity index (χ0) is 22.5. The number of anilines is 1. The van der Waals surface area contributed by atoms with Gasteiger partial charge in [-0.15, -0.1) is 0 Å². The van der Waals surface area contributed by atoms with Crippen molar-refractivity contribution in [2.24, 2.45) is 0 Å². The first kappa shape index (κ1) is 21.3. The van der Waals surface area contributed by atoms with Gasteiger partial charge in [0.2, 0.25) is 5.91 Å². The van der Waals surface area contributed by atoms with E-state index in [9.17, 15) is 14.9 Å². The fourth-order valence-corrected chi connectivity index (χ4v) is 3.80. The van der Waals surface area contributed by atoms with Gasteiger partial charge in [0.05, 0.1) is 13.2 Å². The first-order valence-corrected chi connectivity index (χ1v) is 10.5. The smallest absolute Gasteiger partial charge is 0.266 e. The first-order valence-electron chi connectivity index (χ1n) is 10.5. The summed E-state index contributed by atoms with van der Waals surface area (Å²) in [5.41, 5.74) is 3.23. The van der Waals surface area contributed by atoms with Crippen LogP contribution >= 0.6 is 0 Å². The number of fused-ring (bicyclic) bond motifs is 1. The molecule has 7 nitrogen and oxygen atoms in total. The van der Waals surface area contributed by atoms with Crippen molar-refractivity contribution in [1.29, 1.82) is 5.26 Å². The number of aromatic nitrogens is 1. The van der Waals surface area contributed by atoms with Crippen LogP contribution in [0, 0.1) is 18.3 Å². The number of rotatable bonds is 5. The number of aryl methyl sites for hydroxylation is 1. The lowest BCUT2D eigenvalue weighted by Crippen LogP contribution is -2.42. The van der Waals surface area contributed by atoms with Gasteiger partial charge in [-0.25, -0.2) is 0 Å². The Hall–Kier alpha value is -3.89. The van der Waals surface area contributed by atoms with Gasteiger partial charge >= 0.3 is 0 Å². The van der Waals surface area contributed by atoms with Gasteiger partial charge < -0.3 is 19.5 Å². The van der Waals surface area contributed by atoms with E-state index in [1.54, 1.807) is 17.0 Å². The number of para-hydroxylation sites is 1. The van der Waals surface area contributed by atoms with Crippen LogP contribution in [0.25, 0.3) is 17.0 Å². The third-order valence-corrected chi connectivity index (χ3v) is 5.43. The van der Waals surface area contributed by atoms with Gasteiger partial charge in [-0.05, 0) is 36.8 Å². The van der Waals surface area contributed by atoms with Crippen LogP contribution in [0.15, 0.2) is 60.3 Å². The van der Waals surface area contributed by atoms with Crippen molar-refractivity contribution in [3.8, 4) is 6.07 Å². The maximum atomic E-state index is 12.8. The van der Waals surface area contributed by atoms with E-state index in [0.717, 1.165) is 16.5 Å². The highest BCUT2D eigenvalue weighted by Crippen LogP contribution is 2.24. The summed E-state index contributed by atoms with van der Waals surface area (Å²) in [4.78, 5) is 27.3. The highest BCUT2D eigenvalue weighted by atomic mass is 16.5. The molecule has 1 aliphatic rings. The fourth-order valence-electron chi connectivity index (χ4n) is 3.80. The Balaban J connectivity index is 1.61. The van der Waals surface area contributed by atoms with E-state index >= 15 is 0 Å². The number of morpholine rings is 1. The molecular formula is C25H24N4O3. The molecule has 1 aliphatic heterocycles. The van der Waals surface area contributed by atoms with Crippen molar-refractivity contribution < 1.29 is 14.3 Å². The maximum absolute atomic E-state index is 12.8. The molecular weight excluding hydrogens is 404 g/mol. The van der Waals surface area contributed by atoms with Gasteiger partial charge in [0, 0.05) is 41.4 Å². The minimum Gasteiger partial charge on any atom is -0.378 e. The molecule has 2 amide bonds.